The summed E-state index contributed by atoms with van der Waals surface area (Å²) in [5, 5.41) is 4.32. The Bertz CT molecular complexity index is 425. The number of hydrogen-bond acceptors (Lipinski definition) is 5. The molecule has 0 aliphatic carbocycles. The Balaban J connectivity index is 2.38. The van der Waals surface area contributed by atoms with Crippen molar-refractivity contribution in [2.75, 3.05) is 27.9 Å². The summed E-state index contributed by atoms with van der Waals surface area (Å²) in [5.41, 5.74) is 1.10. The van der Waals surface area contributed by atoms with Gasteiger partial charge in [-0.05, 0) is 6.07 Å². The van der Waals surface area contributed by atoms with Crippen molar-refractivity contribution in [1.82, 2.24) is 5.32 Å². The minimum absolute atomic E-state index is 0.245. The largest absolute Gasteiger partial charge is 0.496 e. The SMILES string of the molecule is COc1cc(OC)c(C2NCC(C)S2)cc1OC. The van der Waals surface area contributed by atoms with Crippen LogP contribution in [0.2, 0.25) is 0 Å². The summed E-state index contributed by atoms with van der Waals surface area (Å²) in [6.07, 6.45) is 0. The fourth-order valence-electron chi connectivity index (χ4n) is 2.04. The topological polar surface area (TPSA) is 39.7 Å². The van der Waals surface area contributed by atoms with Crippen LogP contribution in [0.15, 0.2) is 12.1 Å². The number of ether oxygens (including phenoxy) is 3. The Morgan fingerprint density at radius 1 is 1.06 bits per heavy atom. The molecule has 0 radical (unpaired) electrons. The molecule has 0 saturated carbocycles. The average Bonchev–Trinajstić information content (AvgIpc) is 2.83. The van der Waals surface area contributed by atoms with Gasteiger partial charge in [0.15, 0.2) is 11.5 Å². The van der Waals surface area contributed by atoms with E-state index in [1.807, 2.05) is 23.9 Å². The van der Waals surface area contributed by atoms with E-state index in [2.05, 4.69) is 12.2 Å². The second kappa shape index (κ2) is 5.71. The van der Waals surface area contributed by atoms with E-state index in [9.17, 15) is 0 Å². The maximum atomic E-state index is 5.45. The molecule has 100 valence electrons. The second-order valence-corrected chi connectivity index (χ2v) is 5.73. The van der Waals surface area contributed by atoms with Crippen LogP contribution in [0, 0.1) is 0 Å². The molecule has 1 aromatic carbocycles. The van der Waals surface area contributed by atoms with E-state index in [0.717, 1.165) is 23.6 Å². The summed E-state index contributed by atoms with van der Waals surface area (Å²) in [6, 6.07) is 3.86. The predicted octanol–water partition coefficient (Wildman–Crippen LogP) is 2.44. The highest BCUT2D eigenvalue weighted by atomic mass is 32.2. The fourth-order valence-corrected chi connectivity index (χ4v) is 3.22. The average molecular weight is 269 g/mol. The van der Waals surface area contributed by atoms with Gasteiger partial charge in [-0.1, -0.05) is 6.92 Å². The van der Waals surface area contributed by atoms with Crippen molar-refractivity contribution in [2.24, 2.45) is 0 Å². The molecule has 2 rings (SSSR count). The standard InChI is InChI=1S/C13H19NO3S/c1-8-7-14-13(18-8)9-5-11(16-3)12(17-4)6-10(9)15-2/h5-6,8,13-14H,7H2,1-4H3. The molecule has 1 N–H and O–H groups in total. The van der Waals surface area contributed by atoms with Crippen LogP contribution < -0.4 is 19.5 Å². The molecular weight excluding hydrogens is 250 g/mol. The van der Waals surface area contributed by atoms with E-state index in [-0.39, 0.29) is 5.37 Å². The highest BCUT2D eigenvalue weighted by molar-refractivity contribution is 8.00. The van der Waals surface area contributed by atoms with E-state index in [4.69, 9.17) is 14.2 Å². The fraction of sp³-hybridized carbons (Fsp3) is 0.538. The van der Waals surface area contributed by atoms with Crippen molar-refractivity contribution < 1.29 is 14.2 Å². The molecule has 0 bridgehead atoms. The summed E-state index contributed by atoms with van der Waals surface area (Å²) in [7, 11) is 4.95. The van der Waals surface area contributed by atoms with E-state index >= 15 is 0 Å². The van der Waals surface area contributed by atoms with Crippen LogP contribution in [0.5, 0.6) is 17.2 Å². The van der Waals surface area contributed by atoms with Crippen molar-refractivity contribution in [2.45, 2.75) is 17.5 Å². The molecule has 0 amide bonds. The lowest BCUT2D eigenvalue weighted by Gasteiger charge is -2.18. The van der Waals surface area contributed by atoms with Gasteiger partial charge in [-0.15, -0.1) is 11.8 Å². The first-order valence-corrected chi connectivity index (χ1v) is 6.82. The first-order valence-electron chi connectivity index (χ1n) is 5.88. The summed E-state index contributed by atoms with van der Waals surface area (Å²) in [6.45, 7) is 3.22. The Morgan fingerprint density at radius 3 is 2.17 bits per heavy atom. The molecule has 1 aromatic rings. The van der Waals surface area contributed by atoms with Crippen molar-refractivity contribution in [3.05, 3.63) is 17.7 Å². The van der Waals surface area contributed by atoms with Crippen LogP contribution in [0.25, 0.3) is 0 Å². The zero-order valence-electron chi connectivity index (χ0n) is 11.1. The van der Waals surface area contributed by atoms with Crippen LogP contribution in [0.3, 0.4) is 0 Å². The first-order chi connectivity index (χ1) is 8.69. The lowest BCUT2D eigenvalue weighted by Crippen LogP contribution is -2.14. The maximum Gasteiger partial charge on any atom is 0.164 e. The van der Waals surface area contributed by atoms with Crippen molar-refractivity contribution in [1.29, 1.82) is 0 Å². The van der Waals surface area contributed by atoms with Crippen LogP contribution in [0.1, 0.15) is 17.9 Å². The van der Waals surface area contributed by atoms with Gasteiger partial charge < -0.3 is 19.5 Å². The lowest BCUT2D eigenvalue weighted by molar-refractivity contribution is 0.347. The molecular formula is C13H19NO3S. The summed E-state index contributed by atoms with van der Waals surface area (Å²) < 4.78 is 16.1. The third-order valence-corrected chi connectivity index (χ3v) is 4.30. The van der Waals surface area contributed by atoms with Gasteiger partial charge in [0, 0.05) is 23.4 Å². The Hall–Kier alpha value is -1.07. The Morgan fingerprint density at radius 2 is 1.67 bits per heavy atom. The highest BCUT2D eigenvalue weighted by Gasteiger charge is 2.26. The molecule has 2 atom stereocenters. The predicted molar refractivity (Wildman–Crippen MR) is 73.9 cm³/mol. The van der Waals surface area contributed by atoms with Crippen LogP contribution in [-0.4, -0.2) is 33.1 Å². The van der Waals surface area contributed by atoms with Gasteiger partial charge in [-0.25, -0.2) is 0 Å². The molecule has 1 heterocycles. The van der Waals surface area contributed by atoms with E-state index in [0.29, 0.717) is 11.0 Å². The lowest BCUT2D eigenvalue weighted by atomic mass is 10.1. The molecule has 5 heteroatoms. The van der Waals surface area contributed by atoms with E-state index in [1.165, 1.54) is 0 Å². The zero-order valence-corrected chi connectivity index (χ0v) is 12.0. The smallest absolute Gasteiger partial charge is 0.164 e. The number of hydrogen-bond donors (Lipinski definition) is 1. The molecule has 1 aliphatic heterocycles. The maximum absolute atomic E-state index is 5.45. The van der Waals surface area contributed by atoms with Gasteiger partial charge >= 0.3 is 0 Å². The summed E-state index contributed by atoms with van der Waals surface area (Å²) >= 11 is 1.89. The zero-order chi connectivity index (χ0) is 13.1. The summed E-state index contributed by atoms with van der Waals surface area (Å²) in [5.74, 6) is 2.25. The van der Waals surface area contributed by atoms with E-state index in [1.54, 1.807) is 21.3 Å². The monoisotopic (exact) mass is 269 g/mol. The molecule has 0 spiro atoms. The first kappa shape index (κ1) is 13.4. The molecule has 1 saturated heterocycles. The van der Waals surface area contributed by atoms with Gasteiger partial charge in [-0.3, -0.25) is 0 Å². The van der Waals surface area contributed by atoms with Gasteiger partial charge in [0.25, 0.3) is 0 Å². The molecule has 0 aromatic heterocycles. The van der Waals surface area contributed by atoms with Crippen molar-refractivity contribution in [3.63, 3.8) is 0 Å². The highest BCUT2D eigenvalue weighted by Crippen LogP contribution is 2.43. The van der Waals surface area contributed by atoms with Gasteiger partial charge in [0.1, 0.15) is 5.75 Å². The molecule has 2 unspecified atom stereocenters. The summed E-state index contributed by atoms with van der Waals surface area (Å²) in [4.78, 5) is 0. The van der Waals surface area contributed by atoms with Gasteiger partial charge in [-0.2, -0.15) is 0 Å². The van der Waals surface area contributed by atoms with Crippen molar-refractivity contribution in [3.8, 4) is 17.2 Å². The molecule has 4 nitrogen and oxygen atoms in total. The third-order valence-electron chi connectivity index (χ3n) is 2.98. The quantitative estimate of drug-likeness (QED) is 0.909. The number of methoxy groups -OCH3 is 3. The Labute approximate surface area is 112 Å². The normalized spacial score (nSPS) is 22.9. The minimum atomic E-state index is 0.245. The number of nitrogens with one attached hydrogen (secondary N) is 1. The van der Waals surface area contributed by atoms with E-state index < -0.39 is 0 Å². The van der Waals surface area contributed by atoms with Gasteiger partial charge in [0.05, 0.1) is 26.7 Å². The van der Waals surface area contributed by atoms with Crippen LogP contribution >= 0.6 is 11.8 Å². The number of thioether (sulfide) groups is 1. The van der Waals surface area contributed by atoms with Crippen molar-refractivity contribution >= 4 is 11.8 Å². The molecule has 1 fully saturated rings. The molecule has 1 aliphatic rings. The minimum Gasteiger partial charge on any atom is -0.496 e. The van der Waals surface area contributed by atoms with Gasteiger partial charge in [0.2, 0.25) is 0 Å². The van der Waals surface area contributed by atoms with Crippen LogP contribution in [0.4, 0.5) is 0 Å². The molecule has 18 heavy (non-hydrogen) atoms. The number of rotatable bonds is 4. The third kappa shape index (κ3) is 2.52. The Kier molecular flexibility index (Phi) is 4.24. The van der Waals surface area contributed by atoms with Crippen LogP contribution in [-0.2, 0) is 0 Å². The second-order valence-electron chi connectivity index (χ2n) is 4.18. The number of benzene rings is 1.